The van der Waals surface area contributed by atoms with Crippen LogP contribution in [0.1, 0.15) is 16.8 Å². The third-order valence-corrected chi connectivity index (χ3v) is 2.81. The number of nitrogen functional groups attached to an aromatic ring is 1. The summed E-state index contributed by atoms with van der Waals surface area (Å²) in [6.07, 6.45) is 0.727. The van der Waals surface area contributed by atoms with Crippen molar-refractivity contribution in [2.45, 2.75) is 13.3 Å². The molecule has 0 unspecified atom stereocenters. The van der Waals surface area contributed by atoms with Crippen LogP contribution in [-0.4, -0.2) is 10.2 Å². The zero-order valence-corrected chi connectivity index (χ0v) is 9.70. The van der Waals surface area contributed by atoms with E-state index in [0.717, 1.165) is 28.3 Å². The Morgan fingerprint density at radius 3 is 2.69 bits per heavy atom. The predicted molar refractivity (Wildman–Crippen MR) is 65.4 cm³/mol. The van der Waals surface area contributed by atoms with Crippen molar-refractivity contribution >= 4 is 17.4 Å². The van der Waals surface area contributed by atoms with Crippen LogP contribution in [-0.2, 0) is 6.42 Å². The van der Waals surface area contributed by atoms with Gasteiger partial charge in [-0.2, -0.15) is 5.10 Å². The van der Waals surface area contributed by atoms with Gasteiger partial charge in [-0.05, 0) is 30.2 Å². The van der Waals surface area contributed by atoms with Gasteiger partial charge in [0, 0.05) is 11.4 Å². The highest BCUT2D eigenvalue weighted by molar-refractivity contribution is 6.31. The van der Waals surface area contributed by atoms with Crippen LogP contribution in [0.4, 0.5) is 5.82 Å². The minimum Gasteiger partial charge on any atom is -0.382 e. The molecule has 0 saturated heterocycles. The summed E-state index contributed by atoms with van der Waals surface area (Å²) >= 11 is 6.10. The lowest BCUT2D eigenvalue weighted by Gasteiger charge is -2.06. The standard InChI is InChI=1S/C12H12ClN3/c1-8-10(7-12(14)16-15-8)6-9-4-2-3-5-11(9)13/h2-5,7H,6H2,1H3,(H2,14,16). The van der Waals surface area contributed by atoms with Crippen LogP contribution < -0.4 is 5.73 Å². The Morgan fingerprint density at radius 2 is 1.94 bits per heavy atom. The third-order valence-electron chi connectivity index (χ3n) is 2.44. The number of rotatable bonds is 2. The number of aryl methyl sites for hydroxylation is 1. The Labute approximate surface area is 99.3 Å². The van der Waals surface area contributed by atoms with E-state index in [1.807, 2.05) is 37.3 Å². The van der Waals surface area contributed by atoms with E-state index in [4.69, 9.17) is 17.3 Å². The lowest BCUT2D eigenvalue weighted by molar-refractivity contribution is 0.951. The van der Waals surface area contributed by atoms with Gasteiger partial charge in [-0.15, -0.1) is 5.10 Å². The SMILES string of the molecule is Cc1nnc(N)cc1Cc1ccccc1Cl. The van der Waals surface area contributed by atoms with E-state index in [1.165, 1.54) is 0 Å². The third kappa shape index (κ3) is 2.31. The molecule has 0 amide bonds. The topological polar surface area (TPSA) is 51.8 Å². The van der Waals surface area contributed by atoms with Crippen molar-refractivity contribution < 1.29 is 0 Å². The molecule has 1 heterocycles. The van der Waals surface area contributed by atoms with Gasteiger partial charge in [0.15, 0.2) is 0 Å². The van der Waals surface area contributed by atoms with Gasteiger partial charge in [-0.1, -0.05) is 29.8 Å². The van der Waals surface area contributed by atoms with Crippen LogP contribution in [0.5, 0.6) is 0 Å². The average Bonchev–Trinajstić information content (AvgIpc) is 2.27. The zero-order valence-electron chi connectivity index (χ0n) is 8.94. The summed E-state index contributed by atoms with van der Waals surface area (Å²) < 4.78 is 0. The van der Waals surface area contributed by atoms with Gasteiger partial charge in [0.25, 0.3) is 0 Å². The number of hydrogen-bond acceptors (Lipinski definition) is 3. The first-order valence-corrected chi connectivity index (χ1v) is 5.36. The van der Waals surface area contributed by atoms with Crippen molar-refractivity contribution in [3.63, 3.8) is 0 Å². The zero-order chi connectivity index (χ0) is 11.5. The van der Waals surface area contributed by atoms with Crippen LogP contribution in [0.3, 0.4) is 0 Å². The molecule has 82 valence electrons. The monoisotopic (exact) mass is 233 g/mol. The second-order valence-electron chi connectivity index (χ2n) is 3.65. The quantitative estimate of drug-likeness (QED) is 0.868. The highest BCUT2D eigenvalue weighted by Crippen LogP contribution is 2.20. The maximum absolute atomic E-state index is 6.10. The number of benzene rings is 1. The Bertz CT molecular complexity index is 511. The summed E-state index contributed by atoms with van der Waals surface area (Å²) in [5, 5.41) is 8.55. The lowest BCUT2D eigenvalue weighted by Crippen LogP contribution is -2.01. The van der Waals surface area contributed by atoms with Gasteiger partial charge in [0.05, 0.1) is 5.69 Å². The summed E-state index contributed by atoms with van der Waals surface area (Å²) in [4.78, 5) is 0. The number of halogens is 1. The lowest BCUT2D eigenvalue weighted by atomic mass is 10.0. The average molecular weight is 234 g/mol. The molecule has 0 aliphatic carbocycles. The minimum absolute atomic E-state index is 0.438. The highest BCUT2D eigenvalue weighted by atomic mass is 35.5. The molecule has 0 saturated carbocycles. The first-order valence-electron chi connectivity index (χ1n) is 4.99. The van der Waals surface area contributed by atoms with Crippen molar-refractivity contribution in [3.8, 4) is 0 Å². The van der Waals surface area contributed by atoms with E-state index in [1.54, 1.807) is 0 Å². The molecule has 0 radical (unpaired) electrons. The summed E-state index contributed by atoms with van der Waals surface area (Å²) in [6, 6.07) is 9.60. The molecule has 0 fully saturated rings. The second-order valence-corrected chi connectivity index (χ2v) is 4.06. The number of hydrogen-bond donors (Lipinski definition) is 1. The van der Waals surface area contributed by atoms with E-state index >= 15 is 0 Å². The number of anilines is 1. The molecule has 1 aromatic heterocycles. The smallest absolute Gasteiger partial charge is 0.146 e. The van der Waals surface area contributed by atoms with E-state index in [9.17, 15) is 0 Å². The fourth-order valence-corrected chi connectivity index (χ4v) is 1.74. The number of aromatic nitrogens is 2. The predicted octanol–water partition coefficient (Wildman–Crippen LogP) is 2.61. The maximum Gasteiger partial charge on any atom is 0.146 e. The molecule has 4 heteroatoms. The van der Waals surface area contributed by atoms with Crippen molar-refractivity contribution in [2.24, 2.45) is 0 Å². The molecule has 2 aromatic rings. The van der Waals surface area contributed by atoms with Crippen LogP contribution >= 0.6 is 11.6 Å². The Morgan fingerprint density at radius 1 is 1.19 bits per heavy atom. The van der Waals surface area contributed by atoms with Gasteiger partial charge in [0.2, 0.25) is 0 Å². The maximum atomic E-state index is 6.10. The molecular weight excluding hydrogens is 222 g/mol. The van der Waals surface area contributed by atoms with E-state index < -0.39 is 0 Å². The van der Waals surface area contributed by atoms with Gasteiger partial charge in [-0.3, -0.25) is 0 Å². The molecule has 0 bridgehead atoms. The fraction of sp³-hybridized carbons (Fsp3) is 0.167. The Balaban J connectivity index is 2.34. The summed E-state index contributed by atoms with van der Waals surface area (Å²) in [5.74, 6) is 0.438. The Kier molecular flexibility index (Phi) is 3.06. The van der Waals surface area contributed by atoms with Crippen LogP contribution in [0.2, 0.25) is 5.02 Å². The molecule has 0 spiro atoms. The molecule has 0 aliphatic heterocycles. The van der Waals surface area contributed by atoms with Crippen molar-refractivity contribution in [1.29, 1.82) is 0 Å². The molecule has 2 rings (SSSR count). The summed E-state index contributed by atoms with van der Waals surface area (Å²) in [6.45, 7) is 1.92. The number of nitrogens with two attached hydrogens (primary N) is 1. The first kappa shape index (κ1) is 10.9. The van der Waals surface area contributed by atoms with E-state index in [-0.39, 0.29) is 0 Å². The molecule has 1 aromatic carbocycles. The largest absolute Gasteiger partial charge is 0.382 e. The fourth-order valence-electron chi connectivity index (χ4n) is 1.53. The molecule has 0 aliphatic rings. The van der Waals surface area contributed by atoms with Gasteiger partial charge in [0.1, 0.15) is 5.82 Å². The highest BCUT2D eigenvalue weighted by Gasteiger charge is 2.05. The van der Waals surface area contributed by atoms with Crippen molar-refractivity contribution in [2.75, 3.05) is 5.73 Å². The van der Waals surface area contributed by atoms with E-state index in [2.05, 4.69) is 10.2 Å². The normalized spacial score (nSPS) is 10.4. The van der Waals surface area contributed by atoms with E-state index in [0.29, 0.717) is 5.82 Å². The molecule has 16 heavy (non-hydrogen) atoms. The summed E-state index contributed by atoms with van der Waals surface area (Å²) in [5.41, 5.74) is 8.62. The number of nitrogens with zero attached hydrogens (tertiary/aromatic N) is 2. The minimum atomic E-state index is 0.438. The second kappa shape index (κ2) is 4.49. The van der Waals surface area contributed by atoms with Gasteiger partial charge in [-0.25, -0.2) is 0 Å². The molecule has 2 N–H and O–H groups in total. The van der Waals surface area contributed by atoms with Crippen molar-refractivity contribution in [3.05, 3.63) is 52.2 Å². The molecular formula is C12H12ClN3. The molecule has 3 nitrogen and oxygen atoms in total. The van der Waals surface area contributed by atoms with Crippen molar-refractivity contribution in [1.82, 2.24) is 10.2 Å². The van der Waals surface area contributed by atoms with Crippen LogP contribution in [0.15, 0.2) is 30.3 Å². The Hall–Kier alpha value is -1.61. The van der Waals surface area contributed by atoms with Crippen LogP contribution in [0, 0.1) is 6.92 Å². The van der Waals surface area contributed by atoms with Gasteiger partial charge >= 0.3 is 0 Å². The first-order chi connectivity index (χ1) is 7.66. The van der Waals surface area contributed by atoms with Crippen LogP contribution in [0.25, 0.3) is 0 Å². The van der Waals surface area contributed by atoms with Gasteiger partial charge < -0.3 is 5.73 Å². The summed E-state index contributed by atoms with van der Waals surface area (Å²) in [7, 11) is 0. The molecule has 0 atom stereocenters.